The molecule has 18 heavy (non-hydrogen) atoms. The van der Waals surface area contributed by atoms with Gasteiger partial charge in [0.15, 0.2) is 0 Å². The third-order valence-corrected chi connectivity index (χ3v) is 3.81. The van der Waals surface area contributed by atoms with E-state index in [1.54, 1.807) is 0 Å². The van der Waals surface area contributed by atoms with E-state index in [0.717, 1.165) is 18.7 Å². The number of benzene rings is 1. The summed E-state index contributed by atoms with van der Waals surface area (Å²) in [5.74, 6) is 0. The molecule has 0 aliphatic carbocycles. The lowest BCUT2D eigenvalue weighted by Gasteiger charge is -2.23. The van der Waals surface area contributed by atoms with Crippen LogP contribution in [0, 0.1) is 0 Å². The van der Waals surface area contributed by atoms with E-state index in [4.69, 9.17) is 0 Å². The number of likely N-dealkylation sites (N-methyl/N-ethyl adjacent to an activating group) is 1. The number of hydrogen-bond acceptors (Lipinski definition) is 3. The predicted molar refractivity (Wildman–Crippen MR) is 74.5 cm³/mol. The van der Waals surface area contributed by atoms with Gasteiger partial charge in [-0.3, -0.25) is 4.90 Å². The Morgan fingerprint density at radius 1 is 1.39 bits per heavy atom. The summed E-state index contributed by atoms with van der Waals surface area (Å²) in [4.78, 5) is 2.52. The predicted octanol–water partition coefficient (Wildman–Crippen LogP) is 1.79. The Kier molecular flexibility index (Phi) is 5.17. The van der Waals surface area contributed by atoms with Gasteiger partial charge in [-0.1, -0.05) is 37.3 Å². The maximum absolute atomic E-state index is 10.0. The lowest BCUT2D eigenvalue weighted by molar-refractivity contribution is 0.168. The first kappa shape index (κ1) is 13.5. The van der Waals surface area contributed by atoms with Crippen molar-refractivity contribution in [3.63, 3.8) is 0 Å². The molecule has 0 bridgehead atoms. The molecule has 1 saturated heterocycles. The number of nitrogens with zero attached hydrogens (tertiary/aromatic N) is 1. The van der Waals surface area contributed by atoms with Gasteiger partial charge in [0.1, 0.15) is 0 Å². The molecule has 3 nitrogen and oxygen atoms in total. The minimum atomic E-state index is -0.400. The fraction of sp³-hybridized carbons (Fsp3) is 0.600. The van der Waals surface area contributed by atoms with Crippen molar-refractivity contribution in [2.24, 2.45) is 0 Å². The fourth-order valence-electron chi connectivity index (χ4n) is 2.72. The van der Waals surface area contributed by atoms with Crippen LogP contribution >= 0.6 is 0 Å². The van der Waals surface area contributed by atoms with E-state index < -0.39 is 6.10 Å². The minimum Gasteiger partial charge on any atom is -0.387 e. The number of rotatable bonds is 6. The van der Waals surface area contributed by atoms with E-state index in [2.05, 4.69) is 17.1 Å². The zero-order valence-electron chi connectivity index (χ0n) is 11.2. The van der Waals surface area contributed by atoms with Crippen LogP contribution < -0.4 is 5.32 Å². The van der Waals surface area contributed by atoms with Gasteiger partial charge in [-0.2, -0.15) is 0 Å². The zero-order chi connectivity index (χ0) is 12.8. The molecule has 2 N–H and O–H groups in total. The second kappa shape index (κ2) is 6.88. The molecule has 2 atom stereocenters. The zero-order valence-corrected chi connectivity index (χ0v) is 11.2. The summed E-state index contributed by atoms with van der Waals surface area (Å²) >= 11 is 0. The molecule has 1 fully saturated rings. The molecule has 3 heteroatoms. The Morgan fingerprint density at radius 3 is 2.89 bits per heavy atom. The van der Waals surface area contributed by atoms with Crippen molar-refractivity contribution in [3.8, 4) is 0 Å². The van der Waals surface area contributed by atoms with E-state index in [1.165, 1.54) is 19.4 Å². The van der Waals surface area contributed by atoms with Crippen LogP contribution in [0.2, 0.25) is 0 Å². The molecule has 0 amide bonds. The Morgan fingerprint density at radius 2 is 2.17 bits per heavy atom. The van der Waals surface area contributed by atoms with E-state index in [-0.39, 0.29) is 0 Å². The largest absolute Gasteiger partial charge is 0.387 e. The molecule has 100 valence electrons. The van der Waals surface area contributed by atoms with E-state index >= 15 is 0 Å². The van der Waals surface area contributed by atoms with Gasteiger partial charge >= 0.3 is 0 Å². The average Bonchev–Trinajstić information content (AvgIpc) is 2.87. The molecule has 1 aromatic rings. The first-order valence-corrected chi connectivity index (χ1v) is 6.99. The van der Waals surface area contributed by atoms with Crippen molar-refractivity contribution < 1.29 is 5.11 Å². The maximum atomic E-state index is 10.0. The molecule has 0 spiro atoms. The summed E-state index contributed by atoms with van der Waals surface area (Å²) in [6.07, 6.45) is 2.19. The fourth-order valence-corrected chi connectivity index (χ4v) is 2.72. The van der Waals surface area contributed by atoms with Crippen LogP contribution in [0.25, 0.3) is 0 Å². The van der Waals surface area contributed by atoms with Gasteiger partial charge in [0, 0.05) is 19.1 Å². The minimum absolute atomic E-state index is 0.400. The van der Waals surface area contributed by atoms with Gasteiger partial charge in [0.05, 0.1) is 6.10 Å². The summed E-state index contributed by atoms with van der Waals surface area (Å²) < 4.78 is 0. The highest BCUT2D eigenvalue weighted by atomic mass is 16.3. The summed E-state index contributed by atoms with van der Waals surface area (Å²) in [5, 5.41) is 13.4. The van der Waals surface area contributed by atoms with Crippen molar-refractivity contribution in [1.82, 2.24) is 10.2 Å². The summed E-state index contributed by atoms with van der Waals surface area (Å²) in [5.41, 5.74) is 0.990. The van der Waals surface area contributed by atoms with Crippen molar-refractivity contribution in [3.05, 3.63) is 35.9 Å². The van der Waals surface area contributed by atoms with Crippen LogP contribution in [-0.4, -0.2) is 42.2 Å². The lowest BCUT2D eigenvalue weighted by atomic mass is 10.1. The van der Waals surface area contributed by atoms with Crippen LogP contribution in [0.5, 0.6) is 0 Å². The highest BCUT2D eigenvalue weighted by Gasteiger charge is 2.22. The topological polar surface area (TPSA) is 35.5 Å². The van der Waals surface area contributed by atoms with Crippen LogP contribution in [0.15, 0.2) is 30.3 Å². The Labute approximate surface area is 110 Å². The number of hydrogen-bond donors (Lipinski definition) is 2. The average molecular weight is 248 g/mol. The van der Waals surface area contributed by atoms with Gasteiger partial charge in [-0.05, 0) is 31.5 Å². The van der Waals surface area contributed by atoms with Crippen molar-refractivity contribution in [2.75, 3.05) is 26.2 Å². The highest BCUT2D eigenvalue weighted by Crippen LogP contribution is 2.16. The van der Waals surface area contributed by atoms with Crippen molar-refractivity contribution in [1.29, 1.82) is 0 Å². The van der Waals surface area contributed by atoms with Gasteiger partial charge in [-0.25, -0.2) is 0 Å². The van der Waals surface area contributed by atoms with Gasteiger partial charge < -0.3 is 10.4 Å². The highest BCUT2D eigenvalue weighted by molar-refractivity contribution is 5.17. The number of nitrogens with one attached hydrogen (secondary N) is 1. The first-order chi connectivity index (χ1) is 8.81. The first-order valence-electron chi connectivity index (χ1n) is 6.99. The smallest absolute Gasteiger partial charge is 0.0914 e. The van der Waals surface area contributed by atoms with E-state index in [0.29, 0.717) is 12.6 Å². The second-order valence-corrected chi connectivity index (χ2v) is 5.01. The molecule has 2 rings (SSSR count). The standard InChI is InChI=1S/C15H24N2O/c1-2-17-10-6-9-14(17)11-16-12-15(18)13-7-4-3-5-8-13/h3-5,7-8,14-16,18H,2,6,9-12H2,1H3/t14-,15+/m0/s1. The van der Waals surface area contributed by atoms with Crippen molar-refractivity contribution >= 4 is 0 Å². The van der Waals surface area contributed by atoms with Crippen LogP contribution in [0.4, 0.5) is 0 Å². The summed E-state index contributed by atoms with van der Waals surface area (Å²) in [6, 6.07) is 10.5. The van der Waals surface area contributed by atoms with Crippen molar-refractivity contribution in [2.45, 2.75) is 31.9 Å². The third kappa shape index (κ3) is 3.55. The Balaban J connectivity index is 1.72. The molecule has 0 aromatic heterocycles. The number of aliphatic hydroxyl groups is 1. The molecule has 0 unspecified atom stereocenters. The monoisotopic (exact) mass is 248 g/mol. The molecule has 1 aliphatic heterocycles. The summed E-state index contributed by atoms with van der Waals surface area (Å²) in [6.45, 7) is 6.20. The normalized spacial score (nSPS) is 22.2. The van der Waals surface area contributed by atoms with Gasteiger partial charge in [0.2, 0.25) is 0 Å². The summed E-state index contributed by atoms with van der Waals surface area (Å²) in [7, 11) is 0. The Hall–Kier alpha value is -0.900. The molecule has 1 aromatic carbocycles. The molecular formula is C15H24N2O. The SMILES string of the molecule is CCN1CCC[C@H]1CNC[C@@H](O)c1ccccc1. The number of likely N-dealkylation sites (tertiary alicyclic amines) is 1. The van der Waals surface area contributed by atoms with Crippen LogP contribution in [0.3, 0.4) is 0 Å². The lowest BCUT2D eigenvalue weighted by Crippen LogP contribution is -2.39. The molecule has 1 heterocycles. The molecule has 1 aliphatic rings. The maximum Gasteiger partial charge on any atom is 0.0914 e. The third-order valence-electron chi connectivity index (χ3n) is 3.81. The van der Waals surface area contributed by atoms with Gasteiger partial charge in [0.25, 0.3) is 0 Å². The van der Waals surface area contributed by atoms with Gasteiger partial charge in [-0.15, -0.1) is 0 Å². The molecule has 0 saturated carbocycles. The molecule has 0 radical (unpaired) electrons. The van der Waals surface area contributed by atoms with E-state index in [1.807, 2.05) is 30.3 Å². The quantitative estimate of drug-likeness (QED) is 0.806. The second-order valence-electron chi connectivity index (χ2n) is 5.01. The van der Waals surface area contributed by atoms with E-state index in [9.17, 15) is 5.11 Å². The number of aliphatic hydroxyl groups excluding tert-OH is 1. The van der Waals surface area contributed by atoms with Crippen LogP contribution in [-0.2, 0) is 0 Å². The molecular weight excluding hydrogens is 224 g/mol. The van der Waals surface area contributed by atoms with Crippen LogP contribution in [0.1, 0.15) is 31.4 Å². The Bertz CT molecular complexity index is 342.